The second kappa shape index (κ2) is 2.56. The molecule has 0 spiro atoms. The van der Waals surface area contributed by atoms with Crippen molar-refractivity contribution in [1.82, 2.24) is 15.2 Å². The van der Waals surface area contributed by atoms with Crippen molar-refractivity contribution in [3.63, 3.8) is 0 Å². The van der Waals surface area contributed by atoms with Gasteiger partial charge in [-0.3, -0.25) is 4.72 Å². The molecule has 0 saturated carbocycles. The number of hydrogen-bond acceptors (Lipinski definition) is 4. The van der Waals surface area contributed by atoms with Gasteiger partial charge in [0, 0.05) is 6.26 Å². The van der Waals surface area contributed by atoms with Crippen LogP contribution in [0, 0.1) is 0 Å². The van der Waals surface area contributed by atoms with Crippen LogP contribution in [0.1, 0.15) is 0 Å². The summed E-state index contributed by atoms with van der Waals surface area (Å²) in [6.45, 7) is 0. The fourth-order valence-corrected chi connectivity index (χ4v) is 0.643. The minimum atomic E-state index is 0.692. The van der Waals surface area contributed by atoms with E-state index < -0.39 is 0 Å². The molecule has 0 atom stereocenters. The average molecular weight is 130 g/mol. The largest absolute Gasteiger partial charge is 0.299 e. The number of H-pyrrole nitrogens is 1. The second-order valence-corrected chi connectivity index (χ2v) is 1.75. The van der Waals surface area contributed by atoms with E-state index in [0.717, 1.165) is 0 Å². The van der Waals surface area contributed by atoms with Gasteiger partial charge in [0.2, 0.25) is 5.95 Å². The number of rotatable bonds is 2. The van der Waals surface area contributed by atoms with Crippen molar-refractivity contribution >= 4 is 17.9 Å². The molecule has 0 aromatic carbocycles. The van der Waals surface area contributed by atoms with Gasteiger partial charge in [0.05, 0.1) is 0 Å². The average Bonchev–Trinajstić information content (AvgIpc) is 2.19. The third-order valence-corrected chi connectivity index (χ3v) is 1.01. The summed E-state index contributed by atoms with van der Waals surface area (Å²) in [6, 6.07) is 0. The van der Waals surface area contributed by atoms with Gasteiger partial charge in [-0.15, -0.1) is 0 Å². The standard InChI is InChI=1S/C3H6N4S/c1-8-7-3-4-2-5-6-3/h2H,1H3,(H2,4,5,6,7). The summed E-state index contributed by atoms with van der Waals surface area (Å²) < 4.78 is 2.88. The van der Waals surface area contributed by atoms with E-state index >= 15 is 0 Å². The van der Waals surface area contributed by atoms with Crippen LogP contribution >= 0.6 is 11.9 Å². The van der Waals surface area contributed by atoms with E-state index in [9.17, 15) is 0 Å². The highest BCUT2D eigenvalue weighted by Crippen LogP contribution is 1.98. The lowest BCUT2D eigenvalue weighted by molar-refractivity contribution is 1.10. The Labute approximate surface area is 51.2 Å². The fourth-order valence-electron chi connectivity index (χ4n) is 0.351. The van der Waals surface area contributed by atoms with Crippen molar-refractivity contribution in [2.24, 2.45) is 0 Å². The molecule has 0 unspecified atom stereocenters. The van der Waals surface area contributed by atoms with E-state index in [1.807, 2.05) is 6.26 Å². The molecule has 2 N–H and O–H groups in total. The molecule has 0 aliphatic heterocycles. The molecule has 1 aromatic rings. The summed E-state index contributed by atoms with van der Waals surface area (Å²) in [4.78, 5) is 3.81. The molecular weight excluding hydrogens is 124 g/mol. The molecule has 0 saturated heterocycles. The van der Waals surface area contributed by atoms with Crippen LogP contribution in [-0.4, -0.2) is 21.4 Å². The van der Waals surface area contributed by atoms with Crippen LogP contribution in [0.5, 0.6) is 0 Å². The zero-order valence-electron chi connectivity index (χ0n) is 4.38. The fraction of sp³-hybridized carbons (Fsp3) is 0.333. The predicted molar refractivity (Wildman–Crippen MR) is 33.5 cm³/mol. The molecule has 1 aromatic heterocycles. The first-order valence-corrected chi connectivity index (χ1v) is 3.30. The zero-order chi connectivity index (χ0) is 5.82. The SMILES string of the molecule is CSNc1ncn[nH]1. The summed E-state index contributed by atoms with van der Waals surface area (Å²) in [5.41, 5.74) is 0. The molecule has 8 heavy (non-hydrogen) atoms. The lowest BCUT2D eigenvalue weighted by atomic mass is 11.1. The van der Waals surface area contributed by atoms with Crippen molar-refractivity contribution in [2.75, 3.05) is 11.0 Å². The molecule has 44 valence electrons. The zero-order valence-corrected chi connectivity index (χ0v) is 5.20. The van der Waals surface area contributed by atoms with Gasteiger partial charge in [0.1, 0.15) is 6.33 Å². The second-order valence-electron chi connectivity index (χ2n) is 1.14. The molecule has 1 rings (SSSR count). The van der Waals surface area contributed by atoms with Gasteiger partial charge in [0.15, 0.2) is 0 Å². The van der Waals surface area contributed by atoms with Gasteiger partial charge < -0.3 is 0 Å². The number of hydrogen-bond donors (Lipinski definition) is 2. The Morgan fingerprint density at radius 2 is 2.75 bits per heavy atom. The maximum absolute atomic E-state index is 3.81. The molecule has 0 amide bonds. The lowest BCUT2D eigenvalue weighted by Crippen LogP contribution is -1.85. The Bertz CT molecular complexity index is 137. The highest BCUT2D eigenvalue weighted by Gasteiger charge is 1.86. The monoisotopic (exact) mass is 130 g/mol. The number of nitrogens with zero attached hydrogens (tertiary/aromatic N) is 2. The van der Waals surface area contributed by atoms with Crippen molar-refractivity contribution in [3.8, 4) is 0 Å². The van der Waals surface area contributed by atoms with Crippen LogP contribution in [0.2, 0.25) is 0 Å². The molecule has 0 fully saturated rings. The molecule has 0 aliphatic rings. The topological polar surface area (TPSA) is 53.6 Å². The minimum absolute atomic E-state index is 0.692. The van der Waals surface area contributed by atoms with Crippen molar-refractivity contribution in [2.45, 2.75) is 0 Å². The third-order valence-electron chi connectivity index (χ3n) is 0.614. The lowest BCUT2D eigenvalue weighted by Gasteiger charge is -1.90. The number of aromatic nitrogens is 3. The van der Waals surface area contributed by atoms with Crippen LogP contribution in [0.4, 0.5) is 5.95 Å². The number of anilines is 1. The number of aromatic amines is 1. The van der Waals surface area contributed by atoms with E-state index in [2.05, 4.69) is 19.9 Å². The predicted octanol–water partition coefficient (Wildman–Crippen LogP) is 0.495. The highest BCUT2D eigenvalue weighted by molar-refractivity contribution is 7.99. The van der Waals surface area contributed by atoms with Crippen LogP contribution in [0.15, 0.2) is 6.33 Å². The van der Waals surface area contributed by atoms with E-state index in [4.69, 9.17) is 0 Å². The summed E-state index contributed by atoms with van der Waals surface area (Å²) in [6.07, 6.45) is 3.38. The summed E-state index contributed by atoms with van der Waals surface area (Å²) in [5, 5.41) is 6.27. The van der Waals surface area contributed by atoms with Gasteiger partial charge in [-0.05, 0) is 0 Å². The van der Waals surface area contributed by atoms with E-state index in [-0.39, 0.29) is 0 Å². The Balaban J connectivity index is 2.50. The molecule has 1 heterocycles. The van der Waals surface area contributed by atoms with Crippen LogP contribution in [0.3, 0.4) is 0 Å². The van der Waals surface area contributed by atoms with E-state index in [1.54, 1.807) is 0 Å². The van der Waals surface area contributed by atoms with Crippen LogP contribution in [0.25, 0.3) is 0 Å². The number of nitrogens with one attached hydrogen (secondary N) is 2. The summed E-state index contributed by atoms with van der Waals surface area (Å²) in [5.74, 6) is 0.692. The van der Waals surface area contributed by atoms with Gasteiger partial charge in [-0.25, -0.2) is 5.10 Å². The smallest absolute Gasteiger partial charge is 0.228 e. The first-order valence-electron chi connectivity index (χ1n) is 2.08. The molecule has 0 bridgehead atoms. The molecular formula is C3H6N4S. The molecule has 0 aliphatic carbocycles. The van der Waals surface area contributed by atoms with Gasteiger partial charge in [-0.2, -0.15) is 10.1 Å². The van der Waals surface area contributed by atoms with E-state index in [0.29, 0.717) is 5.95 Å². The maximum Gasteiger partial charge on any atom is 0.228 e. The third kappa shape index (κ3) is 1.13. The van der Waals surface area contributed by atoms with E-state index in [1.165, 1.54) is 18.3 Å². The molecule has 5 heteroatoms. The van der Waals surface area contributed by atoms with Gasteiger partial charge in [0.25, 0.3) is 0 Å². The minimum Gasteiger partial charge on any atom is -0.299 e. The quantitative estimate of drug-likeness (QED) is 0.572. The first-order chi connectivity index (χ1) is 3.93. The Hall–Kier alpha value is -0.710. The van der Waals surface area contributed by atoms with Crippen molar-refractivity contribution in [3.05, 3.63) is 6.33 Å². The Morgan fingerprint density at radius 1 is 1.88 bits per heavy atom. The Kier molecular flexibility index (Phi) is 1.74. The maximum atomic E-state index is 3.81. The van der Waals surface area contributed by atoms with Gasteiger partial charge in [-0.1, -0.05) is 11.9 Å². The van der Waals surface area contributed by atoms with Crippen LogP contribution in [-0.2, 0) is 0 Å². The normalized spacial score (nSPS) is 9.12. The van der Waals surface area contributed by atoms with Crippen LogP contribution < -0.4 is 4.72 Å². The first kappa shape index (κ1) is 5.43. The van der Waals surface area contributed by atoms with Crippen molar-refractivity contribution < 1.29 is 0 Å². The summed E-state index contributed by atoms with van der Waals surface area (Å²) in [7, 11) is 0. The summed E-state index contributed by atoms with van der Waals surface area (Å²) >= 11 is 1.48. The molecule has 0 radical (unpaired) electrons. The highest BCUT2D eigenvalue weighted by atomic mass is 32.2. The van der Waals surface area contributed by atoms with Crippen molar-refractivity contribution in [1.29, 1.82) is 0 Å². The van der Waals surface area contributed by atoms with Gasteiger partial charge >= 0.3 is 0 Å². The molecule has 4 nitrogen and oxygen atoms in total. The Morgan fingerprint density at radius 3 is 3.25 bits per heavy atom.